The van der Waals surface area contributed by atoms with E-state index in [-0.39, 0.29) is 30.6 Å². The Balaban J connectivity index is 1.39. The number of esters is 1. The first-order chi connectivity index (χ1) is 16.9. The van der Waals surface area contributed by atoms with Gasteiger partial charge in [0, 0.05) is 13.1 Å². The second kappa shape index (κ2) is 11.1. The maximum Gasteiger partial charge on any atom is 0.344 e. The fourth-order valence-electron chi connectivity index (χ4n) is 3.79. The summed E-state index contributed by atoms with van der Waals surface area (Å²) in [6, 6.07) is 13.0. The van der Waals surface area contributed by atoms with Gasteiger partial charge >= 0.3 is 5.97 Å². The summed E-state index contributed by atoms with van der Waals surface area (Å²) in [6.45, 7) is 2.51. The average molecular weight is 559 g/mol. The van der Waals surface area contributed by atoms with Crippen molar-refractivity contribution in [3.05, 3.63) is 68.5 Å². The minimum Gasteiger partial charge on any atom is -0.481 e. The zero-order chi connectivity index (χ0) is 24.9. The third-order valence-corrected chi connectivity index (χ3v) is 7.08. The van der Waals surface area contributed by atoms with Crippen molar-refractivity contribution in [2.24, 2.45) is 0 Å². The van der Waals surface area contributed by atoms with E-state index >= 15 is 0 Å². The van der Waals surface area contributed by atoms with Crippen LogP contribution in [-0.4, -0.2) is 59.1 Å². The van der Waals surface area contributed by atoms with E-state index in [1.54, 1.807) is 36.1 Å². The highest BCUT2D eigenvalue weighted by Crippen LogP contribution is 2.34. The lowest BCUT2D eigenvalue weighted by Crippen LogP contribution is -2.44. The Morgan fingerprint density at radius 3 is 2.66 bits per heavy atom. The number of hydrogen-bond acceptors (Lipinski definition) is 7. The van der Waals surface area contributed by atoms with Crippen LogP contribution in [0.15, 0.2) is 51.8 Å². The van der Waals surface area contributed by atoms with E-state index in [2.05, 4.69) is 22.0 Å². The van der Waals surface area contributed by atoms with Crippen LogP contribution in [0.25, 0.3) is 6.08 Å². The molecular weight excluding hydrogens is 536 g/mol. The number of thioether (sulfide) groups is 1. The highest BCUT2D eigenvalue weighted by Gasteiger charge is 2.37. The summed E-state index contributed by atoms with van der Waals surface area (Å²) in [6.07, 6.45) is 2.34. The van der Waals surface area contributed by atoms with Crippen LogP contribution in [0.5, 0.6) is 5.75 Å². The largest absolute Gasteiger partial charge is 0.481 e. The molecule has 0 spiro atoms. The van der Waals surface area contributed by atoms with E-state index in [0.717, 1.165) is 28.6 Å². The molecule has 0 aromatic heterocycles. The second-order valence-electron chi connectivity index (χ2n) is 7.89. The van der Waals surface area contributed by atoms with Gasteiger partial charge in [0.25, 0.3) is 11.1 Å². The molecule has 0 saturated carbocycles. The van der Waals surface area contributed by atoms with Crippen molar-refractivity contribution in [2.75, 3.05) is 26.3 Å². The molecule has 3 amide bonds. The Labute approximate surface area is 215 Å². The number of halogens is 1. The molecule has 0 radical (unpaired) electrons. The van der Waals surface area contributed by atoms with Crippen molar-refractivity contribution in [1.82, 2.24) is 9.80 Å². The first-order valence-electron chi connectivity index (χ1n) is 11.0. The van der Waals surface area contributed by atoms with Gasteiger partial charge in [-0.1, -0.05) is 30.3 Å². The molecule has 0 aliphatic carbocycles. The first-order valence-corrected chi connectivity index (χ1v) is 12.6. The van der Waals surface area contributed by atoms with Crippen molar-refractivity contribution in [3.8, 4) is 5.75 Å². The summed E-state index contributed by atoms with van der Waals surface area (Å²) < 4.78 is 10.9. The molecule has 2 aromatic rings. The molecule has 8 nitrogen and oxygen atoms in total. The maximum atomic E-state index is 12.9. The predicted molar refractivity (Wildman–Crippen MR) is 135 cm³/mol. The molecule has 0 atom stereocenters. The first kappa shape index (κ1) is 25.0. The fourth-order valence-corrected chi connectivity index (χ4v) is 5.14. The minimum atomic E-state index is -0.496. The Bertz CT molecular complexity index is 1210. The number of imide groups is 1. The molecule has 2 heterocycles. The summed E-state index contributed by atoms with van der Waals surface area (Å²) in [5.74, 6) is -0.782. The van der Waals surface area contributed by atoms with Crippen molar-refractivity contribution < 1.29 is 28.7 Å². The minimum absolute atomic E-state index is 0.221. The van der Waals surface area contributed by atoms with Gasteiger partial charge in [-0.3, -0.25) is 19.3 Å². The van der Waals surface area contributed by atoms with Gasteiger partial charge in [0.05, 0.1) is 16.0 Å². The number of carbonyl (C=O) groups is 4. The Hall–Kier alpha value is -3.11. The van der Waals surface area contributed by atoms with E-state index in [9.17, 15) is 19.2 Å². The maximum absolute atomic E-state index is 12.9. The Kier molecular flexibility index (Phi) is 7.92. The predicted octanol–water partition coefficient (Wildman–Crippen LogP) is 4.01. The van der Waals surface area contributed by atoms with Crippen LogP contribution >= 0.6 is 27.7 Å². The number of carbonyl (C=O) groups excluding carboxylic acids is 4. The molecule has 0 unspecified atom stereocenters. The zero-order valence-electron chi connectivity index (χ0n) is 19.0. The van der Waals surface area contributed by atoms with Gasteiger partial charge in [-0.25, -0.2) is 4.79 Å². The Morgan fingerprint density at radius 1 is 1.14 bits per heavy atom. The molecule has 0 N–H and O–H groups in total. The molecule has 35 heavy (non-hydrogen) atoms. The highest BCUT2D eigenvalue weighted by molar-refractivity contribution is 9.10. The standard InChI is InChI=1S/C25H23BrN2O6S/c1-2-33-23(30)15-34-20-8-7-16(11-19(20)26)12-21-24(31)28(25(32)35-21)14-22(29)27-10-9-17-5-3-4-6-18(17)13-27/h3-8,11-12H,2,9-10,13-15H2,1H3/b21-12-. The number of benzene rings is 2. The quantitative estimate of drug-likeness (QED) is 0.374. The van der Waals surface area contributed by atoms with Crippen LogP contribution in [0.3, 0.4) is 0 Å². The molecule has 10 heteroatoms. The second-order valence-corrected chi connectivity index (χ2v) is 9.73. The molecule has 182 valence electrons. The van der Waals surface area contributed by atoms with Crippen molar-refractivity contribution in [1.29, 1.82) is 0 Å². The van der Waals surface area contributed by atoms with Gasteiger partial charge in [0.1, 0.15) is 12.3 Å². The van der Waals surface area contributed by atoms with Crippen molar-refractivity contribution in [2.45, 2.75) is 19.9 Å². The SMILES string of the molecule is CCOC(=O)COc1ccc(/C=C2\SC(=O)N(CC(=O)N3CCc4ccccc4C3)C2=O)cc1Br. The van der Waals surface area contributed by atoms with E-state index in [1.807, 2.05) is 18.2 Å². The number of fused-ring (bicyclic) bond motifs is 1. The summed E-state index contributed by atoms with van der Waals surface area (Å²) in [4.78, 5) is 52.6. The third-order valence-electron chi connectivity index (χ3n) is 5.55. The average Bonchev–Trinajstić information content (AvgIpc) is 3.10. The van der Waals surface area contributed by atoms with E-state index < -0.39 is 17.1 Å². The summed E-state index contributed by atoms with van der Waals surface area (Å²) in [7, 11) is 0. The summed E-state index contributed by atoms with van der Waals surface area (Å²) in [5, 5.41) is -0.472. The van der Waals surface area contributed by atoms with Gasteiger partial charge in [-0.2, -0.15) is 0 Å². The normalized spacial score (nSPS) is 16.5. The lowest BCUT2D eigenvalue weighted by molar-refractivity contribution is -0.145. The van der Waals surface area contributed by atoms with Crippen LogP contribution in [0.2, 0.25) is 0 Å². The molecule has 2 aliphatic rings. The molecular formula is C25H23BrN2O6S. The van der Waals surface area contributed by atoms with E-state index in [1.165, 1.54) is 5.56 Å². The van der Waals surface area contributed by atoms with Crippen LogP contribution in [0.1, 0.15) is 23.6 Å². The van der Waals surface area contributed by atoms with E-state index in [4.69, 9.17) is 9.47 Å². The number of ether oxygens (including phenoxy) is 2. The van der Waals surface area contributed by atoms with Gasteiger partial charge < -0.3 is 14.4 Å². The highest BCUT2D eigenvalue weighted by atomic mass is 79.9. The monoisotopic (exact) mass is 558 g/mol. The van der Waals surface area contributed by atoms with Gasteiger partial charge in [0.2, 0.25) is 5.91 Å². The molecule has 0 bridgehead atoms. The number of amides is 3. The molecule has 1 fully saturated rings. The lowest BCUT2D eigenvalue weighted by atomic mass is 10.00. The lowest BCUT2D eigenvalue weighted by Gasteiger charge is -2.29. The molecule has 1 saturated heterocycles. The van der Waals surface area contributed by atoms with Gasteiger partial charge in [-0.15, -0.1) is 0 Å². The topological polar surface area (TPSA) is 93.2 Å². The van der Waals surface area contributed by atoms with E-state index in [0.29, 0.717) is 28.9 Å². The van der Waals surface area contributed by atoms with Crippen LogP contribution in [0, 0.1) is 0 Å². The fraction of sp³-hybridized carbons (Fsp3) is 0.280. The Morgan fingerprint density at radius 2 is 1.91 bits per heavy atom. The third kappa shape index (κ3) is 5.94. The zero-order valence-corrected chi connectivity index (χ0v) is 21.4. The number of hydrogen-bond donors (Lipinski definition) is 0. The summed E-state index contributed by atoms with van der Waals surface area (Å²) >= 11 is 4.19. The van der Waals surface area contributed by atoms with Gasteiger partial charge in [0.15, 0.2) is 6.61 Å². The molecule has 2 aliphatic heterocycles. The van der Waals surface area contributed by atoms with Crippen LogP contribution in [0.4, 0.5) is 4.79 Å². The molecule has 2 aromatic carbocycles. The number of nitrogens with zero attached hydrogens (tertiary/aromatic N) is 2. The summed E-state index contributed by atoms with van der Waals surface area (Å²) in [5.41, 5.74) is 2.96. The van der Waals surface area contributed by atoms with Gasteiger partial charge in [-0.05, 0) is 75.9 Å². The van der Waals surface area contributed by atoms with Crippen LogP contribution < -0.4 is 4.74 Å². The van der Waals surface area contributed by atoms with Crippen molar-refractivity contribution >= 4 is 56.8 Å². The van der Waals surface area contributed by atoms with Crippen LogP contribution in [-0.2, 0) is 32.1 Å². The molecule has 4 rings (SSSR count). The smallest absolute Gasteiger partial charge is 0.344 e. The number of rotatable bonds is 7. The van der Waals surface area contributed by atoms with Crippen molar-refractivity contribution in [3.63, 3.8) is 0 Å².